The van der Waals surface area contributed by atoms with Crippen LogP contribution in [0.15, 0.2) is 41.3 Å². The maximum atomic E-state index is 13.2. The molecule has 0 radical (unpaired) electrons. The highest BCUT2D eigenvalue weighted by Crippen LogP contribution is 2.33. The van der Waals surface area contributed by atoms with Crippen molar-refractivity contribution in [2.45, 2.75) is 11.8 Å². The Bertz CT molecular complexity index is 848. The summed E-state index contributed by atoms with van der Waals surface area (Å²) in [5, 5.41) is 11.1. The van der Waals surface area contributed by atoms with E-state index in [2.05, 4.69) is 0 Å². The molecule has 0 aromatic heterocycles. The molecule has 0 amide bonds. The van der Waals surface area contributed by atoms with Crippen molar-refractivity contribution in [1.29, 1.82) is 0 Å². The molecular weight excluding hydrogens is 313 g/mol. The molecule has 2 aromatic carbocycles. The van der Waals surface area contributed by atoms with Gasteiger partial charge in [0.1, 0.15) is 11.6 Å². The Morgan fingerprint density at radius 3 is 2.41 bits per heavy atom. The lowest BCUT2D eigenvalue weighted by atomic mass is 10.2. The van der Waals surface area contributed by atoms with Crippen molar-refractivity contribution >= 4 is 15.5 Å². The average Bonchev–Trinajstić information content (AvgIpc) is 2.42. The summed E-state index contributed by atoms with van der Waals surface area (Å²) in [7, 11) is -3.57. The minimum absolute atomic E-state index is 0.122. The number of hydrogen-bond donors (Lipinski definition) is 0. The van der Waals surface area contributed by atoms with Crippen LogP contribution in [0.3, 0.4) is 0 Å². The SMILES string of the molecule is Cc1cc(Oc2ccc(S(C)(=O)=O)cc2[N+](=O)[O-])ccc1F. The van der Waals surface area contributed by atoms with Gasteiger partial charge in [0.2, 0.25) is 5.75 Å². The van der Waals surface area contributed by atoms with Crippen LogP contribution >= 0.6 is 0 Å². The molecule has 0 saturated carbocycles. The van der Waals surface area contributed by atoms with E-state index in [1.165, 1.54) is 37.3 Å². The third-order valence-corrected chi connectivity index (χ3v) is 4.02. The number of halogens is 1. The number of rotatable bonds is 4. The van der Waals surface area contributed by atoms with E-state index < -0.39 is 26.3 Å². The number of nitro benzene ring substituents is 1. The largest absolute Gasteiger partial charge is 0.450 e. The van der Waals surface area contributed by atoms with Crippen molar-refractivity contribution in [1.82, 2.24) is 0 Å². The molecule has 116 valence electrons. The number of nitrogens with zero attached hydrogens (tertiary/aromatic N) is 1. The van der Waals surface area contributed by atoms with Crippen molar-refractivity contribution in [3.05, 3.63) is 57.9 Å². The van der Waals surface area contributed by atoms with Gasteiger partial charge in [-0.25, -0.2) is 12.8 Å². The zero-order valence-electron chi connectivity index (χ0n) is 11.7. The highest BCUT2D eigenvalue weighted by Gasteiger charge is 2.20. The Labute approximate surface area is 126 Å². The Hall–Kier alpha value is -2.48. The van der Waals surface area contributed by atoms with Crippen molar-refractivity contribution < 1.29 is 22.5 Å². The number of hydrogen-bond acceptors (Lipinski definition) is 5. The van der Waals surface area contributed by atoms with E-state index in [4.69, 9.17) is 4.74 Å². The first-order valence-electron chi connectivity index (χ1n) is 6.11. The molecule has 0 aliphatic rings. The lowest BCUT2D eigenvalue weighted by Crippen LogP contribution is -2.00. The Morgan fingerprint density at radius 1 is 1.18 bits per heavy atom. The van der Waals surface area contributed by atoms with Crippen molar-refractivity contribution in [3.8, 4) is 11.5 Å². The Morgan fingerprint density at radius 2 is 1.86 bits per heavy atom. The van der Waals surface area contributed by atoms with E-state index >= 15 is 0 Å². The van der Waals surface area contributed by atoms with Gasteiger partial charge in [0.15, 0.2) is 9.84 Å². The maximum Gasteiger partial charge on any atom is 0.312 e. The summed E-state index contributed by atoms with van der Waals surface area (Å²) < 4.78 is 41.5. The molecule has 8 heteroatoms. The van der Waals surface area contributed by atoms with Crippen LogP contribution in [0.4, 0.5) is 10.1 Å². The summed E-state index contributed by atoms with van der Waals surface area (Å²) in [5.74, 6) is -0.327. The van der Waals surface area contributed by atoms with Crippen molar-refractivity contribution in [3.63, 3.8) is 0 Å². The van der Waals surface area contributed by atoms with Gasteiger partial charge in [-0.15, -0.1) is 0 Å². The van der Waals surface area contributed by atoms with Crippen LogP contribution in [-0.4, -0.2) is 19.6 Å². The molecule has 0 saturated heterocycles. The van der Waals surface area contributed by atoms with Gasteiger partial charge >= 0.3 is 5.69 Å². The molecule has 6 nitrogen and oxygen atoms in total. The predicted molar refractivity (Wildman–Crippen MR) is 77.4 cm³/mol. The van der Waals surface area contributed by atoms with E-state index in [0.29, 0.717) is 5.56 Å². The Balaban J connectivity index is 2.46. The molecule has 0 fully saturated rings. The summed E-state index contributed by atoms with van der Waals surface area (Å²) in [5.41, 5.74) is -0.155. The van der Waals surface area contributed by atoms with Crippen LogP contribution in [0.2, 0.25) is 0 Å². The highest BCUT2D eigenvalue weighted by molar-refractivity contribution is 7.90. The fourth-order valence-corrected chi connectivity index (χ4v) is 2.41. The number of sulfone groups is 1. The third-order valence-electron chi connectivity index (χ3n) is 2.91. The van der Waals surface area contributed by atoms with Gasteiger partial charge in [-0.3, -0.25) is 10.1 Å². The van der Waals surface area contributed by atoms with Gasteiger partial charge in [0.25, 0.3) is 0 Å². The summed E-state index contributed by atoms with van der Waals surface area (Å²) in [6.45, 7) is 1.53. The maximum absolute atomic E-state index is 13.2. The Kier molecular flexibility index (Phi) is 4.14. The monoisotopic (exact) mass is 325 g/mol. The molecule has 2 rings (SSSR count). The van der Waals surface area contributed by atoms with E-state index in [0.717, 1.165) is 12.3 Å². The van der Waals surface area contributed by atoms with Crippen LogP contribution in [0.5, 0.6) is 11.5 Å². The van der Waals surface area contributed by atoms with Crippen LogP contribution < -0.4 is 4.74 Å². The molecule has 0 atom stereocenters. The molecular formula is C14H12FNO5S. The van der Waals surface area contributed by atoms with E-state index in [9.17, 15) is 22.9 Å². The van der Waals surface area contributed by atoms with Crippen molar-refractivity contribution in [2.24, 2.45) is 0 Å². The highest BCUT2D eigenvalue weighted by atomic mass is 32.2. The van der Waals surface area contributed by atoms with Crippen LogP contribution in [0.1, 0.15) is 5.56 Å². The van der Waals surface area contributed by atoms with E-state index in [1.54, 1.807) is 0 Å². The molecule has 0 unspecified atom stereocenters. The normalized spacial score (nSPS) is 11.2. The second-order valence-electron chi connectivity index (χ2n) is 4.67. The molecule has 0 aliphatic heterocycles. The quantitative estimate of drug-likeness (QED) is 0.636. The smallest absolute Gasteiger partial charge is 0.312 e. The zero-order chi connectivity index (χ0) is 16.5. The predicted octanol–water partition coefficient (Wildman–Crippen LogP) is 3.24. The van der Waals surface area contributed by atoms with Gasteiger partial charge in [-0.2, -0.15) is 0 Å². The first-order valence-corrected chi connectivity index (χ1v) is 8.00. The third kappa shape index (κ3) is 3.40. The summed E-state index contributed by atoms with van der Waals surface area (Å²) in [6.07, 6.45) is 0.954. The standard InChI is InChI=1S/C14H12FNO5S/c1-9-7-10(3-5-12(9)15)21-14-6-4-11(22(2,19)20)8-13(14)16(17)18/h3-8H,1-2H3. The molecule has 22 heavy (non-hydrogen) atoms. The van der Waals surface area contributed by atoms with E-state index in [-0.39, 0.29) is 16.4 Å². The number of benzene rings is 2. The lowest BCUT2D eigenvalue weighted by Gasteiger charge is -2.08. The number of ether oxygens (including phenoxy) is 1. The summed E-state index contributed by atoms with van der Waals surface area (Å²) in [4.78, 5) is 10.2. The number of aryl methyl sites for hydroxylation is 1. The average molecular weight is 325 g/mol. The first kappa shape index (κ1) is 15.9. The lowest BCUT2D eigenvalue weighted by molar-refractivity contribution is -0.385. The zero-order valence-corrected chi connectivity index (χ0v) is 12.6. The van der Waals surface area contributed by atoms with Gasteiger partial charge in [0.05, 0.1) is 9.82 Å². The van der Waals surface area contributed by atoms with Gasteiger partial charge in [0, 0.05) is 12.3 Å². The minimum Gasteiger partial charge on any atom is -0.450 e. The second-order valence-corrected chi connectivity index (χ2v) is 6.69. The van der Waals surface area contributed by atoms with Crippen LogP contribution in [0.25, 0.3) is 0 Å². The summed E-state index contributed by atoms with van der Waals surface area (Å²) in [6, 6.07) is 7.25. The van der Waals surface area contributed by atoms with E-state index in [1.807, 2.05) is 0 Å². The van der Waals surface area contributed by atoms with Crippen LogP contribution in [0, 0.1) is 22.9 Å². The number of nitro groups is 1. The summed E-state index contributed by atoms with van der Waals surface area (Å²) >= 11 is 0. The van der Waals surface area contributed by atoms with Gasteiger partial charge in [-0.05, 0) is 42.8 Å². The van der Waals surface area contributed by atoms with Gasteiger partial charge < -0.3 is 4.74 Å². The second kappa shape index (κ2) is 5.72. The minimum atomic E-state index is -3.57. The topological polar surface area (TPSA) is 86.5 Å². The molecule has 0 spiro atoms. The fourth-order valence-electron chi connectivity index (χ4n) is 1.76. The molecule has 0 N–H and O–H groups in total. The molecule has 0 aliphatic carbocycles. The molecule has 0 heterocycles. The fraction of sp³-hybridized carbons (Fsp3) is 0.143. The first-order chi connectivity index (χ1) is 10.2. The molecule has 2 aromatic rings. The van der Waals surface area contributed by atoms with Gasteiger partial charge in [-0.1, -0.05) is 0 Å². The van der Waals surface area contributed by atoms with Crippen LogP contribution in [-0.2, 0) is 9.84 Å². The van der Waals surface area contributed by atoms with Crippen molar-refractivity contribution in [2.75, 3.05) is 6.26 Å². The molecule has 0 bridgehead atoms.